The highest BCUT2D eigenvalue weighted by molar-refractivity contribution is 7.07. The van der Waals surface area contributed by atoms with Gasteiger partial charge >= 0.3 is 0 Å². The molecule has 0 aromatic carbocycles. The van der Waals surface area contributed by atoms with Gasteiger partial charge in [0, 0.05) is 12.2 Å². The molecule has 0 amide bonds. The quantitative estimate of drug-likeness (QED) is 0.610. The summed E-state index contributed by atoms with van der Waals surface area (Å²) in [6.45, 7) is 0. The standard InChI is InChI=1S/C11H14N4S/c12-15-11(10-3-5-13-14-7-10)2-1-9-4-6-16-8-9/h3-8,11,15H,1-2,12H2. The smallest absolute Gasteiger partial charge is 0.0544 e. The van der Waals surface area contributed by atoms with Crippen molar-refractivity contribution in [3.05, 3.63) is 46.4 Å². The molecule has 0 radical (unpaired) electrons. The van der Waals surface area contributed by atoms with Crippen LogP contribution < -0.4 is 11.3 Å². The Balaban J connectivity index is 1.96. The Morgan fingerprint density at radius 3 is 2.94 bits per heavy atom. The van der Waals surface area contributed by atoms with Crippen molar-refractivity contribution in [2.24, 2.45) is 5.84 Å². The summed E-state index contributed by atoms with van der Waals surface area (Å²) in [5.41, 5.74) is 5.25. The van der Waals surface area contributed by atoms with E-state index in [0.717, 1.165) is 18.4 Å². The van der Waals surface area contributed by atoms with Gasteiger partial charge in [-0.2, -0.15) is 21.5 Å². The minimum Gasteiger partial charge on any atom is -0.271 e. The molecule has 84 valence electrons. The van der Waals surface area contributed by atoms with Crippen LogP contribution in [-0.4, -0.2) is 10.2 Å². The van der Waals surface area contributed by atoms with E-state index in [4.69, 9.17) is 5.84 Å². The monoisotopic (exact) mass is 234 g/mol. The first kappa shape index (κ1) is 11.2. The molecule has 2 heterocycles. The topological polar surface area (TPSA) is 63.8 Å². The Kier molecular flexibility index (Phi) is 3.98. The number of hydrogen-bond donors (Lipinski definition) is 2. The van der Waals surface area contributed by atoms with E-state index < -0.39 is 0 Å². The van der Waals surface area contributed by atoms with E-state index in [-0.39, 0.29) is 6.04 Å². The Bertz CT molecular complexity index is 401. The lowest BCUT2D eigenvalue weighted by Gasteiger charge is -2.14. The summed E-state index contributed by atoms with van der Waals surface area (Å²) in [6, 6.07) is 4.21. The van der Waals surface area contributed by atoms with Gasteiger partial charge in [-0.25, -0.2) is 0 Å². The van der Waals surface area contributed by atoms with Crippen molar-refractivity contribution in [3.8, 4) is 0 Å². The van der Waals surface area contributed by atoms with Gasteiger partial charge in [0.25, 0.3) is 0 Å². The van der Waals surface area contributed by atoms with E-state index >= 15 is 0 Å². The molecule has 0 aliphatic heterocycles. The molecule has 2 rings (SSSR count). The molecule has 16 heavy (non-hydrogen) atoms. The molecule has 0 aliphatic carbocycles. The lowest BCUT2D eigenvalue weighted by molar-refractivity contribution is 0.514. The third-order valence-electron chi connectivity index (χ3n) is 2.51. The number of hydrazine groups is 1. The number of nitrogens with two attached hydrogens (primary N) is 1. The van der Waals surface area contributed by atoms with Crippen LogP contribution in [0.1, 0.15) is 23.6 Å². The van der Waals surface area contributed by atoms with Crippen molar-refractivity contribution in [3.63, 3.8) is 0 Å². The number of nitrogens with one attached hydrogen (secondary N) is 1. The lowest BCUT2D eigenvalue weighted by Crippen LogP contribution is -2.28. The Hall–Kier alpha value is -1.30. The first-order chi connectivity index (χ1) is 7.90. The number of aryl methyl sites for hydroxylation is 1. The molecule has 0 fully saturated rings. The van der Waals surface area contributed by atoms with Crippen LogP contribution in [0.25, 0.3) is 0 Å². The second-order valence-corrected chi connectivity index (χ2v) is 4.35. The predicted octanol–water partition coefficient (Wildman–Crippen LogP) is 1.68. The van der Waals surface area contributed by atoms with Gasteiger partial charge in [-0.1, -0.05) is 0 Å². The molecule has 2 aromatic rings. The van der Waals surface area contributed by atoms with E-state index in [0.29, 0.717) is 0 Å². The SMILES string of the molecule is NNC(CCc1ccsc1)c1ccnnc1. The van der Waals surface area contributed by atoms with Gasteiger partial charge in [0.05, 0.1) is 6.20 Å². The van der Waals surface area contributed by atoms with Crippen LogP contribution in [0.5, 0.6) is 0 Å². The maximum absolute atomic E-state index is 5.55. The molecule has 1 unspecified atom stereocenters. The first-order valence-electron chi connectivity index (χ1n) is 5.14. The lowest BCUT2D eigenvalue weighted by atomic mass is 10.0. The third-order valence-corrected chi connectivity index (χ3v) is 3.24. The van der Waals surface area contributed by atoms with E-state index in [1.165, 1.54) is 5.56 Å². The summed E-state index contributed by atoms with van der Waals surface area (Å²) in [6.07, 6.45) is 5.40. The van der Waals surface area contributed by atoms with Crippen molar-refractivity contribution in [2.75, 3.05) is 0 Å². The molecule has 0 saturated carbocycles. The zero-order valence-electron chi connectivity index (χ0n) is 8.84. The number of rotatable bonds is 5. The molecule has 0 spiro atoms. The second-order valence-electron chi connectivity index (χ2n) is 3.57. The maximum atomic E-state index is 5.55. The fraction of sp³-hybridized carbons (Fsp3) is 0.273. The normalized spacial score (nSPS) is 12.6. The van der Waals surface area contributed by atoms with Crippen LogP contribution in [0, 0.1) is 0 Å². The molecule has 3 N–H and O–H groups in total. The summed E-state index contributed by atoms with van der Waals surface area (Å²) >= 11 is 1.72. The van der Waals surface area contributed by atoms with Crippen LogP contribution in [0.15, 0.2) is 35.3 Å². The number of thiophene rings is 1. The van der Waals surface area contributed by atoms with Crippen LogP contribution in [0.3, 0.4) is 0 Å². The van der Waals surface area contributed by atoms with E-state index in [1.54, 1.807) is 23.7 Å². The van der Waals surface area contributed by atoms with Gasteiger partial charge in [0.15, 0.2) is 0 Å². The molecular weight excluding hydrogens is 220 g/mol. The predicted molar refractivity (Wildman–Crippen MR) is 64.7 cm³/mol. The zero-order valence-corrected chi connectivity index (χ0v) is 9.65. The fourth-order valence-corrected chi connectivity index (χ4v) is 2.30. The molecule has 0 bridgehead atoms. The average molecular weight is 234 g/mol. The van der Waals surface area contributed by atoms with Gasteiger partial charge in [-0.15, -0.1) is 0 Å². The highest BCUT2D eigenvalue weighted by Gasteiger charge is 2.09. The number of aromatic nitrogens is 2. The van der Waals surface area contributed by atoms with Crippen molar-refractivity contribution in [2.45, 2.75) is 18.9 Å². The minimum atomic E-state index is 0.135. The Labute approximate surface area is 98.5 Å². The third kappa shape index (κ3) is 2.85. The second kappa shape index (κ2) is 5.69. The molecule has 5 heteroatoms. The van der Waals surface area contributed by atoms with Gasteiger partial charge in [-0.3, -0.25) is 11.3 Å². The summed E-state index contributed by atoms with van der Waals surface area (Å²) in [5.74, 6) is 5.55. The van der Waals surface area contributed by atoms with Crippen molar-refractivity contribution in [1.29, 1.82) is 0 Å². The largest absolute Gasteiger partial charge is 0.271 e. The summed E-state index contributed by atoms with van der Waals surface area (Å²) in [4.78, 5) is 0. The Morgan fingerprint density at radius 2 is 2.31 bits per heavy atom. The van der Waals surface area contributed by atoms with Gasteiger partial charge in [0.2, 0.25) is 0 Å². The molecule has 2 aromatic heterocycles. The van der Waals surface area contributed by atoms with Crippen molar-refractivity contribution < 1.29 is 0 Å². The van der Waals surface area contributed by atoms with Gasteiger partial charge in [-0.05, 0) is 46.9 Å². The van der Waals surface area contributed by atoms with E-state index in [9.17, 15) is 0 Å². The fourth-order valence-electron chi connectivity index (χ4n) is 1.60. The average Bonchev–Trinajstić information content (AvgIpc) is 2.84. The summed E-state index contributed by atoms with van der Waals surface area (Å²) in [5, 5.41) is 11.9. The van der Waals surface area contributed by atoms with Gasteiger partial charge < -0.3 is 0 Å². The molecule has 4 nitrogen and oxygen atoms in total. The van der Waals surface area contributed by atoms with Crippen molar-refractivity contribution >= 4 is 11.3 Å². The highest BCUT2D eigenvalue weighted by Crippen LogP contribution is 2.18. The van der Waals surface area contributed by atoms with E-state index in [2.05, 4.69) is 32.4 Å². The summed E-state index contributed by atoms with van der Waals surface area (Å²) < 4.78 is 0. The molecule has 0 saturated heterocycles. The van der Waals surface area contributed by atoms with Crippen LogP contribution in [0.2, 0.25) is 0 Å². The maximum Gasteiger partial charge on any atom is 0.0544 e. The molecule has 0 aliphatic rings. The molecule has 1 atom stereocenters. The summed E-state index contributed by atoms with van der Waals surface area (Å²) in [7, 11) is 0. The number of nitrogens with zero attached hydrogens (tertiary/aromatic N) is 2. The Morgan fingerprint density at radius 1 is 1.38 bits per heavy atom. The van der Waals surface area contributed by atoms with Crippen LogP contribution in [0.4, 0.5) is 0 Å². The first-order valence-corrected chi connectivity index (χ1v) is 6.08. The highest BCUT2D eigenvalue weighted by atomic mass is 32.1. The minimum absolute atomic E-state index is 0.135. The van der Waals surface area contributed by atoms with Gasteiger partial charge in [0.1, 0.15) is 0 Å². The van der Waals surface area contributed by atoms with Crippen LogP contribution >= 0.6 is 11.3 Å². The zero-order chi connectivity index (χ0) is 11.2. The van der Waals surface area contributed by atoms with Crippen molar-refractivity contribution in [1.82, 2.24) is 15.6 Å². The number of hydrogen-bond acceptors (Lipinski definition) is 5. The molecular formula is C11H14N4S. The van der Waals surface area contributed by atoms with E-state index in [1.807, 2.05) is 6.07 Å². The van der Waals surface area contributed by atoms with Crippen LogP contribution in [-0.2, 0) is 6.42 Å².